The molecule has 0 aliphatic carbocycles. The highest BCUT2D eigenvalue weighted by molar-refractivity contribution is 5.89. The first-order valence-corrected chi connectivity index (χ1v) is 7.32. The van der Waals surface area contributed by atoms with Crippen LogP contribution in [0.4, 0.5) is 5.82 Å². The lowest BCUT2D eigenvalue weighted by Gasteiger charge is -2.15. The fraction of sp³-hybridized carbons (Fsp3) is 0. The van der Waals surface area contributed by atoms with Crippen LogP contribution in [-0.4, -0.2) is 16.1 Å². The van der Waals surface area contributed by atoms with E-state index in [0.717, 1.165) is 0 Å². The average molecular weight is 330 g/mol. The van der Waals surface area contributed by atoms with Crippen LogP contribution in [-0.2, 0) is 0 Å². The Labute approximate surface area is 143 Å². The van der Waals surface area contributed by atoms with Gasteiger partial charge in [0.1, 0.15) is 17.5 Å². The molecular weight excluding hydrogens is 318 g/mol. The first kappa shape index (κ1) is 16.0. The van der Waals surface area contributed by atoms with Crippen LogP contribution in [0.15, 0.2) is 54.6 Å². The number of carboxylic acids is 1. The fourth-order valence-corrected chi connectivity index (χ4v) is 2.52. The molecule has 3 aromatic rings. The summed E-state index contributed by atoms with van der Waals surface area (Å²) in [6.45, 7) is 0. The maximum absolute atomic E-state index is 12.0. The SMILES string of the molecule is N#Cc1c(-c2ccc(C(=O)O)cc2)cc(-c2ccccc2[O-])nc1N. The van der Waals surface area contributed by atoms with Gasteiger partial charge < -0.3 is 15.9 Å². The average Bonchev–Trinajstić information content (AvgIpc) is 2.61. The number of rotatable bonds is 3. The molecule has 0 aliphatic rings. The van der Waals surface area contributed by atoms with Crippen molar-refractivity contribution in [2.24, 2.45) is 0 Å². The quantitative estimate of drug-likeness (QED) is 0.761. The summed E-state index contributed by atoms with van der Waals surface area (Å²) < 4.78 is 0. The maximum Gasteiger partial charge on any atom is 0.335 e. The van der Waals surface area contributed by atoms with Crippen molar-refractivity contribution in [1.82, 2.24) is 4.98 Å². The highest BCUT2D eigenvalue weighted by Gasteiger charge is 2.14. The Morgan fingerprint density at radius 3 is 2.40 bits per heavy atom. The number of hydrogen-bond donors (Lipinski definition) is 2. The molecule has 3 rings (SSSR count). The third-order valence-electron chi connectivity index (χ3n) is 3.77. The number of anilines is 1. The minimum absolute atomic E-state index is 0.0144. The predicted molar refractivity (Wildman–Crippen MR) is 90.6 cm³/mol. The van der Waals surface area contributed by atoms with E-state index < -0.39 is 5.97 Å². The Kier molecular flexibility index (Phi) is 4.06. The zero-order valence-corrected chi connectivity index (χ0v) is 12.9. The van der Waals surface area contributed by atoms with Gasteiger partial charge >= 0.3 is 5.97 Å². The summed E-state index contributed by atoms with van der Waals surface area (Å²) in [5.41, 5.74) is 8.06. The van der Waals surface area contributed by atoms with Crippen LogP contribution < -0.4 is 10.8 Å². The van der Waals surface area contributed by atoms with E-state index in [4.69, 9.17) is 10.8 Å². The van der Waals surface area contributed by atoms with Crippen molar-refractivity contribution < 1.29 is 15.0 Å². The molecule has 0 fully saturated rings. The normalized spacial score (nSPS) is 10.2. The van der Waals surface area contributed by atoms with Crippen LogP contribution in [0, 0.1) is 11.3 Å². The molecule has 25 heavy (non-hydrogen) atoms. The van der Waals surface area contributed by atoms with Crippen LogP contribution in [0.25, 0.3) is 22.4 Å². The van der Waals surface area contributed by atoms with Crippen LogP contribution in [0.3, 0.4) is 0 Å². The topological polar surface area (TPSA) is 123 Å². The number of carbonyl (C=O) groups is 1. The van der Waals surface area contributed by atoms with E-state index in [0.29, 0.717) is 22.4 Å². The lowest BCUT2D eigenvalue weighted by Crippen LogP contribution is -2.02. The monoisotopic (exact) mass is 330 g/mol. The van der Waals surface area contributed by atoms with Gasteiger partial charge in [0.2, 0.25) is 0 Å². The number of nitriles is 1. The van der Waals surface area contributed by atoms with Crippen molar-refractivity contribution in [2.75, 3.05) is 5.73 Å². The van der Waals surface area contributed by atoms with Gasteiger partial charge in [-0.1, -0.05) is 42.1 Å². The minimum Gasteiger partial charge on any atom is -0.872 e. The number of hydrogen-bond acceptors (Lipinski definition) is 5. The summed E-state index contributed by atoms with van der Waals surface area (Å²) in [7, 11) is 0. The van der Waals surface area contributed by atoms with Crippen molar-refractivity contribution in [1.29, 1.82) is 5.26 Å². The maximum atomic E-state index is 12.0. The molecule has 1 heterocycles. The largest absolute Gasteiger partial charge is 0.872 e. The number of para-hydroxylation sites is 1. The lowest BCUT2D eigenvalue weighted by molar-refractivity contribution is -0.267. The molecule has 6 heteroatoms. The highest BCUT2D eigenvalue weighted by atomic mass is 16.4. The van der Waals surface area contributed by atoms with E-state index >= 15 is 0 Å². The molecule has 0 aliphatic heterocycles. The van der Waals surface area contributed by atoms with E-state index in [9.17, 15) is 15.2 Å². The van der Waals surface area contributed by atoms with Gasteiger partial charge in [0, 0.05) is 5.56 Å². The Morgan fingerprint density at radius 2 is 1.80 bits per heavy atom. The zero-order valence-electron chi connectivity index (χ0n) is 12.9. The van der Waals surface area contributed by atoms with Gasteiger partial charge in [0.05, 0.1) is 11.3 Å². The molecule has 6 nitrogen and oxygen atoms in total. The number of aromatic carboxylic acids is 1. The van der Waals surface area contributed by atoms with Crippen LogP contribution >= 0.6 is 0 Å². The molecule has 0 amide bonds. The molecule has 0 atom stereocenters. The number of nitrogens with two attached hydrogens (primary N) is 1. The third-order valence-corrected chi connectivity index (χ3v) is 3.77. The van der Waals surface area contributed by atoms with Crippen molar-refractivity contribution in [3.63, 3.8) is 0 Å². The third kappa shape index (κ3) is 2.99. The molecule has 0 saturated heterocycles. The van der Waals surface area contributed by atoms with E-state index in [1.54, 1.807) is 36.4 Å². The lowest BCUT2D eigenvalue weighted by atomic mass is 9.97. The van der Waals surface area contributed by atoms with Crippen molar-refractivity contribution in [3.05, 3.63) is 65.7 Å². The smallest absolute Gasteiger partial charge is 0.335 e. The highest BCUT2D eigenvalue weighted by Crippen LogP contribution is 2.33. The Hall–Kier alpha value is -3.85. The summed E-state index contributed by atoms with van der Waals surface area (Å²) in [4.78, 5) is 15.2. The predicted octanol–water partition coefficient (Wildman–Crippen LogP) is 2.64. The standard InChI is InChI=1S/C19H13N3O3/c20-10-15-14(11-5-7-12(8-6-11)19(24)25)9-16(22-18(15)21)13-3-1-2-4-17(13)23/h1-9,23H,(H2,21,22)(H,24,25)/p-1. The number of nitrogen functional groups attached to an aromatic ring is 1. The Bertz CT molecular complexity index is 1010. The molecule has 0 saturated carbocycles. The molecule has 1 aromatic heterocycles. The number of benzene rings is 2. The molecular formula is C19H12N3O3-. The molecule has 0 radical (unpaired) electrons. The number of aromatic nitrogens is 1. The number of carboxylic acid groups (broad SMARTS) is 1. The van der Waals surface area contributed by atoms with Gasteiger partial charge in [0.25, 0.3) is 0 Å². The first-order valence-electron chi connectivity index (χ1n) is 7.32. The summed E-state index contributed by atoms with van der Waals surface area (Å²) in [5, 5.41) is 30.4. The van der Waals surface area contributed by atoms with E-state index in [2.05, 4.69) is 4.98 Å². The Balaban J connectivity index is 2.20. The first-order chi connectivity index (χ1) is 12.0. The van der Waals surface area contributed by atoms with Crippen LogP contribution in [0.1, 0.15) is 15.9 Å². The summed E-state index contributed by atoms with van der Waals surface area (Å²) >= 11 is 0. The zero-order chi connectivity index (χ0) is 18.0. The molecule has 122 valence electrons. The van der Waals surface area contributed by atoms with E-state index in [1.807, 2.05) is 6.07 Å². The second-order valence-corrected chi connectivity index (χ2v) is 5.31. The second kappa shape index (κ2) is 6.34. The van der Waals surface area contributed by atoms with Gasteiger partial charge in [-0.05, 0) is 29.3 Å². The van der Waals surface area contributed by atoms with Gasteiger partial charge in [0.15, 0.2) is 0 Å². The van der Waals surface area contributed by atoms with Gasteiger partial charge in [-0.25, -0.2) is 9.78 Å². The molecule has 3 N–H and O–H groups in total. The molecule has 0 bridgehead atoms. The summed E-state index contributed by atoms with van der Waals surface area (Å²) in [6.07, 6.45) is 0. The molecule has 0 spiro atoms. The van der Waals surface area contributed by atoms with Crippen LogP contribution in [0.2, 0.25) is 0 Å². The van der Waals surface area contributed by atoms with Gasteiger partial charge in [-0.3, -0.25) is 0 Å². The fourth-order valence-electron chi connectivity index (χ4n) is 2.52. The molecule has 0 unspecified atom stereocenters. The summed E-state index contributed by atoms with van der Waals surface area (Å²) in [6, 6.07) is 16.1. The van der Waals surface area contributed by atoms with Crippen molar-refractivity contribution >= 4 is 11.8 Å². The second-order valence-electron chi connectivity index (χ2n) is 5.31. The van der Waals surface area contributed by atoms with E-state index in [1.165, 1.54) is 18.2 Å². The molecule has 2 aromatic carbocycles. The number of nitrogens with zero attached hydrogens (tertiary/aromatic N) is 2. The van der Waals surface area contributed by atoms with E-state index in [-0.39, 0.29) is 22.7 Å². The summed E-state index contributed by atoms with van der Waals surface area (Å²) in [5.74, 6) is -1.23. The van der Waals surface area contributed by atoms with Gasteiger partial charge in [-0.15, -0.1) is 0 Å². The van der Waals surface area contributed by atoms with Crippen molar-refractivity contribution in [2.45, 2.75) is 0 Å². The van der Waals surface area contributed by atoms with Crippen LogP contribution in [0.5, 0.6) is 5.75 Å². The van der Waals surface area contributed by atoms with Crippen molar-refractivity contribution in [3.8, 4) is 34.2 Å². The number of pyridine rings is 1. The Morgan fingerprint density at radius 1 is 1.12 bits per heavy atom. The minimum atomic E-state index is -1.04. The van der Waals surface area contributed by atoms with Gasteiger partial charge in [-0.2, -0.15) is 5.26 Å².